The Morgan fingerprint density at radius 3 is 2.20 bits per heavy atom. The maximum Gasteiger partial charge on any atom is 0.262 e. The number of para-hydroxylation sites is 3. The third kappa shape index (κ3) is 6.23. The second-order valence-electron chi connectivity index (χ2n) is 6.99. The van der Waals surface area contributed by atoms with Crippen molar-refractivity contribution >= 4 is 15.7 Å². The van der Waals surface area contributed by atoms with Gasteiger partial charge in [-0.05, 0) is 69.0 Å². The highest BCUT2D eigenvalue weighted by molar-refractivity contribution is 7.92. The van der Waals surface area contributed by atoms with Crippen molar-refractivity contribution in [3.63, 3.8) is 0 Å². The van der Waals surface area contributed by atoms with Crippen molar-refractivity contribution < 1.29 is 17.9 Å². The molecule has 0 aromatic heterocycles. The highest BCUT2D eigenvalue weighted by Gasteiger charge is 2.17. The molecule has 1 N–H and O–H groups in total. The average Bonchev–Trinajstić information content (AvgIpc) is 2.73. The number of hydrogen-bond donors (Lipinski definition) is 1. The molecule has 0 radical (unpaired) electrons. The number of anilines is 1. The fourth-order valence-corrected chi connectivity index (χ4v) is 3.82. The van der Waals surface area contributed by atoms with Gasteiger partial charge in [0.05, 0.1) is 17.2 Å². The third-order valence-corrected chi connectivity index (χ3v) is 5.64. The molecule has 0 bridgehead atoms. The topological polar surface area (TPSA) is 67.9 Å². The smallest absolute Gasteiger partial charge is 0.262 e. The maximum atomic E-state index is 12.8. The number of rotatable bonds is 10. The van der Waals surface area contributed by atoms with E-state index in [9.17, 15) is 8.42 Å². The first-order valence-electron chi connectivity index (χ1n) is 9.66. The van der Waals surface area contributed by atoms with Gasteiger partial charge >= 0.3 is 0 Å². The van der Waals surface area contributed by atoms with Gasteiger partial charge in [-0.25, -0.2) is 8.42 Å². The standard InChI is InChI=1S/C23H26N2O4S/c1-25(2)17-8-18-28-19-13-15-21(16-14-19)30(26,27)24-22-11-6-7-12-23(22)29-20-9-4-3-5-10-20/h3-7,9-16,24H,8,17-18H2,1-2H3. The van der Waals surface area contributed by atoms with Crippen LogP contribution >= 0.6 is 0 Å². The molecule has 0 saturated carbocycles. The molecule has 3 aromatic rings. The third-order valence-electron chi connectivity index (χ3n) is 4.25. The summed E-state index contributed by atoms with van der Waals surface area (Å²) in [5, 5.41) is 0. The van der Waals surface area contributed by atoms with E-state index < -0.39 is 10.0 Å². The van der Waals surface area contributed by atoms with Crippen LogP contribution in [0.4, 0.5) is 5.69 Å². The molecule has 0 atom stereocenters. The SMILES string of the molecule is CN(C)CCCOc1ccc(S(=O)(=O)Nc2ccccc2Oc2ccccc2)cc1. The second kappa shape index (κ2) is 10.1. The Morgan fingerprint density at radius 2 is 1.50 bits per heavy atom. The summed E-state index contributed by atoms with van der Waals surface area (Å²) in [6.07, 6.45) is 0.896. The summed E-state index contributed by atoms with van der Waals surface area (Å²) in [4.78, 5) is 2.24. The van der Waals surface area contributed by atoms with Crippen LogP contribution in [0.1, 0.15) is 6.42 Å². The number of hydrogen-bond acceptors (Lipinski definition) is 5. The van der Waals surface area contributed by atoms with Crippen molar-refractivity contribution in [3.8, 4) is 17.2 Å². The molecule has 0 unspecified atom stereocenters. The Hall–Kier alpha value is -3.03. The van der Waals surface area contributed by atoms with Crippen molar-refractivity contribution in [2.45, 2.75) is 11.3 Å². The van der Waals surface area contributed by atoms with Crippen LogP contribution in [0.15, 0.2) is 83.8 Å². The van der Waals surface area contributed by atoms with E-state index >= 15 is 0 Å². The lowest BCUT2D eigenvalue weighted by atomic mass is 10.3. The zero-order chi connectivity index (χ0) is 21.4. The zero-order valence-electron chi connectivity index (χ0n) is 17.1. The van der Waals surface area contributed by atoms with Crippen molar-refractivity contribution in [1.29, 1.82) is 0 Å². The van der Waals surface area contributed by atoms with Crippen molar-refractivity contribution in [2.75, 3.05) is 32.0 Å². The first-order valence-corrected chi connectivity index (χ1v) is 11.1. The summed E-state index contributed by atoms with van der Waals surface area (Å²) < 4.78 is 39.8. The van der Waals surface area contributed by atoms with Gasteiger partial charge in [-0.15, -0.1) is 0 Å². The minimum absolute atomic E-state index is 0.151. The average molecular weight is 427 g/mol. The van der Waals surface area contributed by atoms with Crippen LogP contribution in [-0.2, 0) is 10.0 Å². The van der Waals surface area contributed by atoms with Crippen LogP contribution in [0.2, 0.25) is 0 Å². The van der Waals surface area contributed by atoms with E-state index in [1.165, 1.54) is 12.1 Å². The van der Waals surface area contributed by atoms with Crippen LogP contribution in [0, 0.1) is 0 Å². The molecule has 0 spiro atoms. The molecule has 6 nitrogen and oxygen atoms in total. The summed E-state index contributed by atoms with van der Waals surface area (Å²) in [6.45, 7) is 1.51. The van der Waals surface area contributed by atoms with E-state index in [1.807, 2.05) is 44.4 Å². The van der Waals surface area contributed by atoms with Gasteiger partial charge in [0.25, 0.3) is 10.0 Å². The highest BCUT2D eigenvalue weighted by atomic mass is 32.2. The van der Waals surface area contributed by atoms with Crippen LogP contribution < -0.4 is 14.2 Å². The highest BCUT2D eigenvalue weighted by Crippen LogP contribution is 2.31. The summed E-state index contributed by atoms with van der Waals surface area (Å²) >= 11 is 0. The van der Waals surface area contributed by atoms with Crippen LogP contribution in [0.3, 0.4) is 0 Å². The largest absolute Gasteiger partial charge is 0.494 e. The Kier molecular flexibility index (Phi) is 7.32. The van der Waals surface area contributed by atoms with Gasteiger partial charge in [-0.2, -0.15) is 0 Å². The lowest BCUT2D eigenvalue weighted by Gasteiger charge is -2.14. The molecule has 3 aromatic carbocycles. The van der Waals surface area contributed by atoms with E-state index in [-0.39, 0.29) is 4.90 Å². The van der Waals surface area contributed by atoms with Gasteiger partial charge in [0, 0.05) is 6.54 Å². The predicted octanol–water partition coefficient (Wildman–Crippen LogP) is 4.61. The Labute approximate surface area is 178 Å². The molecule has 0 heterocycles. The second-order valence-corrected chi connectivity index (χ2v) is 8.68. The Morgan fingerprint density at radius 1 is 0.833 bits per heavy atom. The molecule has 3 rings (SSSR count). The Balaban J connectivity index is 1.68. The maximum absolute atomic E-state index is 12.8. The first-order chi connectivity index (χ1) is 14.4. The van der Waals surface area contributed by atoms with E-state index in [0.717, 1.165) is 13.0 Å². The minimum Gasteiger partial charge on any atom is -0.494 e. The number of benzene rings is 3. The molecule has 0 fully saturated rings. The van der Waals surface area contributed by atoms with Gasteiger partial charge in [0.2, 0.25) is 0 Å². The quantitative estimate of drug-likeness (QED) is 0.480. The molecule has 0 saturated heterocycles. The number of nitrogens with zero attached hydrogens (tertiary/aromatic N) is 1. The molecule has 158 valence electrons. The molecule has 0 aliphatic heterocycles. The number of nitrogens with one attached hydrogen (secondary N) is 1. The van der Waals surface area contributed by atoms with E-state index in [2.05, 4.69) is 9.62 Å². The summed E-state index contributed by atoms with van der Waals surface area (Å²) in [6, 6.07) is 22.5. The van der Waals surface area contributed by atoms with E-state index in [1.54, 1.807) is 36.4 Å². The lowest BCUT2D eigenvalue weighted by molar-refractivity contribution is 0.281. The van der Waals surface area contributed by atoms with E-state index in [4.69, 9.17) is 9.47 Å². The van der Waals surface area contributed by atoms with Crippen molar-refractivity contribution in [3.05, 3.63) is 78.9 Å². The van der Waals surface area contributed by atoms with Gasteiger partial charge in [0.1, 0.15) is 11.5 Å². The van der Waals surface area contributed by atoms with Crippen LogP contribution in [-0.4, -0.2) is 40.6 Å². The van der Waals surface area contributed by atoms with Gasteiger partial charge in [-0.3, -0.25) is 4.72 Å². The lowest BCUT2D eigenvalue weighted by Crippen LogP contribution is -2.15. The Bertz CT molecular complexity index is 1040. The monoisotopic (exact) mass is 426 g/mol. The molecular formula is C23H26N2O4S. The van der Waals surface area contributed by atoms with Crippen LogP contribution in [0.5, 0.6) is 17.2 Å². The van der Waals surface area contributed by atoms with Crippen LogP contribution in [0.25, 0.3) is 0 Å². The molecule has 7 heteroatoms. The number of ether oxygens (including phenoxy) is 2. The molecular weight excluding hydrogens is 400 g/mol. The summed E-state index contributed by atoms with van der Waals surface area (Å²) in [5.74, 6) is 1.69. The fourth-order valence-electron chi connectivity index (χ4n) is 2.74. The summed E-state index contributed by atoms with van der Waals surface area (Å²) in [5.41, 5.74) is 0.366. The van der Waals surface area contributed by atoms with Gasteiger partial charge < -0.3 is 14.4 Å². The normalized spacial score (nSPS) is 11.3. The fraction of sp³-hybridized carbons (Fsp3) is 0.217. The molecule has 30 heavy (non-hydrogen) atoms. The van der Waals surface area contributed by atoms with Gasteiger partial charge in [-0.1, -0.05) is 30.3 Å². The van der Waals surface area contributed by atoms with Crippen molar-refractivity contribution in [1.82, 2.24) is 4.90 Å². The zero-order valence-corrected chi connectivity index (χ0v) is 17.9. The van der Waals surface area contributed by atoms with Gasteiger partial charge in [0.15, 0.2) is 5.75 Å². The van der Waals surface area contributed by atoms with E-state index in [0.29, 0.717) is 29.5 Å². The minimum atomic E-state index is -3.77. The first kappa shape index (κ1) is 21.7. The molecule has 0 aliphatic rings. The molecule has 0 amide bonds. The molecule has 0 aliphatic carbocycles. The summed E-state index contributed by atoms with van der Waals surface area (Å²) in [7, 11) is 0.246. The predicted molar refractivity (Wildman–Crippen MR) is 119 cm³/mol. The number of sulfonamides is 1. The van der Waals surface area contributed by atoms with Crippen molar-refractivity contribution in [2.24, 2.45) is 0 Å².